The van der Waals surface area contributed by atoms with Gasteiger partial charge in [0.15, 0.2) is 11.9 Å². The van der Waals surface area contributed by atoms with E-state index in [1.807, 2.05) is 0 Å². The number of rotatable bonds is 10. The number of aromatic nitrogens is 3. The molecule has 0 radical (unpaired) electrons. The summed E-state index contributed by atoms with van der Waals surface area (Å²) in [4.78, 5) is 51.9. The van der Waals surface area contributed by atoms with Gasteiger partial charge in [0.25, 0.3) is 11.1 Å². The Balaban J connectivity index is 1.51. The van der Waals surface area contributed by atoms with Crippen LogP contribution in [0.15, 0.2) is 69.1 Å². The fourth-order valence-electron chi connectivity index (χ4n) is 5.48. The van der Waals surface area contributed by atoms with Gasteiger partial charge >= 0.3 is 19.4 Å². The molecule has 2 aromatic heterocycles. The minimum atomic E-state index is -4.49. The summed E-state index contributed by atoms with van der Waals surface area (Å²) in [6, 6.07) is 11.7. The molecule has 0 aliphatic carbocycles. The van der Waals surface area contributed by atoms with Gasteiger partial charge in [-0.1, -0.05) is 31.2 Å². The maximum atomic E-state index is 16.0. The topological polar surface area (TPSA) is 160 Å². The van der Waals surface area contributed by atoms with E-state index >= 15 is 4.39 Å². The molecule has 1 aliphatic rings. The van der Waals surface area contributed by atoms with Gasteiger partial charge in [0.05, 0.1) is 24.3 Å². The Kier molecular flexibility index (Phi) is 9.11. The number of esters is 1. The summed E-state index contributed by atoms with van der Waals surface area (Å²) in [6.45, 7) is 7.08. The lowest BCUT2D eigenvalue weighted by atomic mass is 9.90. The third-order valence-electron chi connectivity index (χ3n) is 8.12. The number of fused-ring (bicyclic) bond motifs is 3. The minimum Gasteiger partial charge on any atom is -0.462 e. The standard InChI is InChI=1S/C31H36FN4O9P/c1-17(2)43-28(39)19(4)34-46(41,42-16-24-18(3)31(5,32)29(44-24)36-15-14-25(37)33-30(36)40)45-23-13-9-12-22-26(23)20-10-7-8-11-21(20)27(38)35(22)6/h7-15,17-19,24,29H,16H2,1-6H3,(H,34,41)(H,33,37,40). The van der Waals surface area contributed by atoms with Crippen molar-refractivity contribution in [1.82, 2.24) is 19.2 Å². The SMILES string of the molecule is CC(C)OC(=O)C(C)NP(=O)(OCC1OC(n2ccc(=O)[nH]c2=O)C(C)(F)C1C)Oc1cccc2c1c1ccccc1c(=O)n2C. The molecule has 6 unspecified atom stereocenters. The maximum Gasteiger partial charge on any atom is 0.459 e. The van der Waals surface area contributed by atoms with Crippen LogP contribution in [-0.2, 0) is 30.4 Å². The van der Waals surface area contributed by atoms with E-state index in [4.69, 9.17) is 18.5 Å². The summed E-state index contributed by atoms with van der Waals surface area (Å²) < 4.78 is 56.1. The van der Waals surface area contributed by atoms with Crippen LogP contribution in [0.4, 0.5) is 4.39 Å². The average molecular weight is 659 g/mol. The van der Waals surface area contributed by atoms with Crippen molar-refractivity contribution in [3.05, 3.63) is 85.9 Å². The lowest BCUT2D eigenvalue weighted by Crippen LogP contribution is -2.40. The largest absolute Gasteiger partial charge is 0.462 e. The third kappa shape index (κ3) is 6.30. The molecule has 1 saturated heterocycles. The van der Waals surface area contributed by atoms with Crippen molar-refractivity contribution in [3.63, 3.8) is 0 Å². The van der Waals surface area contributed by atoms with Gasteiger partial charge in [0.1, 0.15) is 11.8 Å². The maximum absolute atomic E-state index is 16.0. The lowest BCUT2D eigenvalue weighted by Gasteiger charge is -2.26. The molecular formula is C31H36FN4O9P. The second-order valence-electron chi connectivity index (χ2n) is 11.8. The minimum absolute atomic E-state index is 0.0953. The summed E-state index contributed by atoms with van der Waals surface area (Å²) in [5, 5.41) is 4.06. The van der Waals surface area contributed by atoms with Crippen LogP contribution in [0, 0.1) is 5.92 Å². The number of carbonyl (C=O) groups is 1. The first-order valence-corrected chi connectivity index (χ1v) is 16.3. The zero-order valence-corrected chi connectivity index (χ0v) is 27.1. The molecule has 0 saturated carbocycles. The van der Waals surface area contributed by atoms with Gasteiger partial charge in [-0.3, -0.25) is 28.5 Å². The van der Waals surface area contributed by atoms with Gasteiger partial charge in [-0.15, -0.1) is 0 Å². The Morgan fingerprint density at radius 2 is 1.80 bits per heavy atom. The number of alkyl halides is 1. The summed E-state index contributed by atoms with van der Waals surface area (Å²) in [7, 11) is -2.88. The van der Waals surface area contributed by atoms with E-state index in [-0.39, 0.29) is 11.3 Å². The van der Waals surface area contributed by atoms with E-state index in [1.165, 1.54) is 18.4 Å². The Morgan fingerprint density at radius 3 is 2.48 bits per heavy atom. The van der Waals surface area contributed by atoms with E-state index in [9.17, 15) is 23.7 Å². The molecule has 6 atom stereocenters. The molecule has 13 nitrogen and oxygen atoms in total. The molecule has 15 heteroatoms. The van der Waals surface area contributed by atoms with E-state index in [1.54, 1.807) is 70.3 Å². The average Bonchev–Trinajstić information content (AvgIpc) is 3.22. The number of benzene rings is 2. The van der Waals surface area contributed by atoms with Crippen molar-refractivity contribution in [3.8, 4) is 5.75 Å². The predicted molar refractivity (Wildman–Crippen MR) is 169 cm³/mol. The Bertz CT molecular complexity index is 2020. The van der Waals surface area contributed by atoms with Crippen LogP contribution >= 0.6 is 7.75 Å². The Labute approximate surface area is 262 Å². The summed E-state index contributed by atoms with van der Waals surface area (Å²) in [5.74, 6) is -1.51. The summed E-state index contributed by atoms with van der Waals surface area (Å²) in [5.41, 5.74) is -3.36. The molecule has 246 valence electrons. The number of pyridine rings is 1. The van der Waals surface area contributed by atoms with E-state index < -0.39 is 67.6 Å². The molecule has 5 rings (SSSR count). The molecule has 2 N–H and O–H groups in total. The van der Waals surface area contributed by atoms with Crippen LogP contribution in [0.5, 0.6) is 5.75 Å². The number of nitrogens with zero attached hydrogens (tertiary/aromatic N) is 2. The highest BCUT2D eigenvalue weighted by Crippen LogP contribution is 2.50. The van der Waals surface area contributed by atoms with Crippen LogP contribution in [0.25, 0.3) is 21.7 Å². The zero-order chi connectivity index (χ0) is 33.6. The first kappa shape index (κ1) is 33.3. The number of carbonyl (C=O) groups excluding carboxylic acids is 1. The Hall–Kier alpha value is -4.10. The number of hydrogen-bond donors (Lipinski definition) is 2. The van der Waals surface area contributed by atoms with Crippen LogP contribution < -0.4 is 26.4 Å². The molecular weight excluding hydrogens is 622 g/mol. The smallest absolute Gasteiger partial charge is 0.459 e. The van der Waals surface area contributed by atoms with Crippen LogP contribution in [-0.4, -0.2) is 50.6 Å². The van der Waals surface area contributed by atoms with Gasteiger partial charge in [-0.25, -0.2) is 13.8 Å². The van der Waals surface area contributed by atoms with Gasteiger partial charge < -0.3 is 18.6 Å². The molecule has 0 spiro atoms. The molecule has 4 aromatic rings. The van der Waals surface area contributed by atoms with Crippen molar-refractivity contribution in [2.24, 2.45) is 13.0 Å². The van der Waals surface area contributed by atoms with Gasteiger partial charge in [-0.2, -0.15) is 5.09 Å². The first-order chi connectivity index (χ1) is 21.6. The molecule has 1 fully saturated rings. The molecule has 0 bridgehead atoms. The van der Waals surface area contributed by atoms with Crippen molar-refractivity contribution in [2.75, 3.05) is 6.61 Å². The number of H-pyrrole nitrogens is 1. The number of ether oxygens (including phenoxy) is 2. The van der Waals surface area contributed by atoms with Crippen LogP contribution in [0.3, 0.4) is 0 Å². The van der Waals surface area contributed by atoms with E-state index in [0.717, 1.165) is 16.8 Å². The lowest BCUT2D eigenvalue weighted by molar-refractivity contribution is -0.149. The quantitative estimate of drug-likeness (QED) is 0.145. The van der Waals surface area contributed by atoms with Crippen molar-refractivity contribution < 1.29 is 32.3 Å². The normalized spacial score (nSPS) is 23.4. The molecule has 3 heterocycles. The second-order valence-corrected chi connectivity index (χ2v) is 13.5. The number of aromatic amines is 1. The number of hydrogen-bond acceptors (Lipinski definition) is 9. The first-order valence-electron chi connectivity index (χ1n) is 14.7. The van der Waals surface area contributed by atoms with Crippen molar-refractivity contribution >= 4 is 35.4 Å². The Morgan fingerprint density at radius 1 is 1.11 bits per heavy atom. The molecule has 2 aromatic carbocycles. The zero-order valence-electron chi connectivity index (χ0n) is 26.2. The van der Waals surface area contributed by atoms with E-state index in [0.29, 0.717) is 21.7 Å². The fourth-order valence-corrected chi connectivity index (χ4v) is 6.99. The van der Waals surface area contributed by atoms with Crippen LogP contribution in [0.2, 0.25) is 0 Å². The molecule has 0 amide bonds. The highest BCUT2D eigenvalue weighted by molar-refractivity contribution is 7.52. The number of aryl methyl sites for hydroxylation is 1. The summed E-state index contributed by atoms with van der Waals surface area (Å²) >= 11 is 0. The second kappa shape index (κ2) is 12.6. The molecule has 1 aliphatic heterocycles. The van der Waals surface area contributed by atoms with Gasteiger partial charge in [0, 0.05) is 41.4 Å². The fraction of sp³-hybridized carbons (Fsp3) is 0.419. The van der Waals surface area contributed by atoms with E-state index in [2.05, 4.69) is 10.1 Å². The highest BCUT2D eigenvalue weighted by Gasteiger charge is 2.54. The monoisotopic (exact) mass is 658 g/mol. The highest BCUT2D eigenvalue weighted by atomic mass is 31.2. The number of halogens is 1. The summed E-state index contributed by atoms with van der Waals surface area (Å²) in [6.07, 6.45) is -1.79. The van der Waals surface area contributed by atoms with Crippen molar-refractivity contribution in [2.45, 2.75) is 64.8 Å². The predicted octanol–water partition coefficient (Wildman–Crippen LogP) is 3.94. The van der Waals surface area contributed by atoms with Crippen molar-refractivity contribution in [1.29, 1.82) is 0 Å². The molecule has 46 heavy (non-hydrogen) atoms. The van der Waals surface area contributed by atoms with Gasteiger partial charge in [0.2, 0.25) is 0 Å². The van der Waals surface area contributed by atoms with Gasteiger partial charge in [-0.05, 0) is 45.9 Å². The van der Waals surface area contributed by atoms with Crippen LogP contribution in [0.1, 0.15) is 40.8 Å². The number of nitrogens with one attached hydrogen (secondary N) is 2. The third-order valence-corrected chi connectivity index (χ3v) is 9.75.